The summed E-state index contributed by atoms with van der Waals surface area (Å²) in [6.45, 7) is 4.22. The Hall–Kier alpha value is -2.77. The second-order valence-electron chi connectivity index (χ2n) is 8.62. The van der Waals surface area contributed by atoms with Crippen molar-refractivity contribution in [3.8, 4) is 0 Å². The first-order chi connectivity index (χ1) is 15.1. The van der Waals surface area contributed by atoms with E-state index >= 15 is 0 Å². The number of halogens is 1. The van der Waals surface area contributed by atoms with Gasteiger partial charge in [-0.1, -0.05) is 30.3 Å². The fraction of sp³-hybridized carbons (Fsp3) is 0.417. The smallest absolute Gasteiger partial charge is 0.279 e. The first kappa shape index (κ1) is 21.5. The largest absolute Gasteiger partial charge is 0.344 e. The number of aryl methyl sites for hydroxylation is 1. The number of benzene rings is 2. The van der Waals surface area contributed by atoms with E-state index < -0.39 is 0 Å². The molecule has 0 bridgehead atoms. The number of carbonyl (C=O) groups is 2. The van der Waals surface area contributed by atoms with Gasteiger partial charge in [-0.25, -0.2) is 4.39 Å². The monoisotopic (exact) mass is 426 g/mol. The highest BCUT2D eigenvalue weighted by molar-refractivity contribution is 5.91. The van der Waals surface area contributed by atoms with Crippen molar-refractivity contribution in [3.63, 3.8) is 0 Å². The molecule has 0 spiro atoms. The molecule has 7 heteroatoms. The molecule has 6 nitrogen and oxygen atoms in total. The van der Waals surface area contributed by atoms with E-state index in [-0.39, 0.29) is 23.7 Å². The molecule has 4 rings (SSSR count). The number of quaternary nitrogens is 2. The molecule has 2 aromatic carbocycles. The number of anilines is 1. The lowest BCUT2D eigenvalue weighted by Gasteiger charge is -2.30. The van der Waals surface area contributed by atoms with Crippen LogP contribution < -0.4 is 20.4 Å². The molecule has 1 aliphatic heterocycles. The molecule has 1 saturated heterocycles. The minimum atomic E-state index is -0.364. The second-order valence-corrected chi connectivity index (χ2v) is 8.62. The predicted molar refractivity (Wildman–Crippen MR) is 116 cm³/mol. The van der Waals surface area contributed by atoms with Crippen LogP contribution in [0.15, 0.2) is 48.5 Å². The summed E-state index contributed by atoms with van der Waals surface area (Å²) in [5, 5.41) is 5.99. The highest BCUT2D eigenvalue weighted by atomic mass is 19.1. The highest BCUT2D eigenvalue weighted by Gasteiger charge is 2.28. The average molecular weight is 427 g/mol. The van der Waals surface area contributed by atoms with E-state index in [2.05, 4.69) is 28.8 Å². The van der Waals surface area contributed by atoms with Crippen LogP contribution in [0.1, 0.15) is 30.0 Å². The van der Waals surface area contributed by atoms with Gasteiger partial charge in [-0.15, -0.1) is 0 Å². The fourth-order valence-electron chi connectivity index (χ4n) is 4.69. The van der Waals surface area contributed by atoms with Crippen molar-refractivity contribution in [1.29, 1.82) is 0 Å². The molecule has 0 radical (unpaired) electrons. The molecule has 1 fully saturated rings. The lowest BCUT2D eigenvalue weighted by molar-refractivity contribution is -1.00. The first-order valence-corrected chi connectivity index (χ1v) is 11.2. The highest BCUT2D eigenvalue weighted by Crippen LogP contribution is 2.29. The maximum absolute atomic E-state index is 13.3. The molecule has 1 heterocycles. The van der Waals surface area contributed by atoms with Gasteiger partial charge in [-0.3, -0.25) is 9.59 Å². The average Bonchev–Trinajstić information content (AvgIpc) is 2.75. The summed E-state index contributed by atoms with van der Waals surface area (Å²) >= 11 is 0. The van der Waals surface area contributed by atoms with E-state index in [0.29, 0.717) is 18.8 Å². The van der Waals surface area contributed by atoms with Crippen molar-refractivity contribution >= 4 is 17.5 Å². The van der Waals surface area contributed by atoms with Crippen LogP contribution in [-0.2, 0) is 16.0 Å². The van der Waals surface area contributed by atoms with Crippen molar-refractivity contribution in [3.05, 3.63) is 65.5 Å². The molecule has 164 valence electrons. The number of fused-ring (bicyclic) bond motifs is 1. The minimum Gasteiger partial charge on any atom is -0.344 e. The van der Waals surface area contributed by atoms with E-state index in [4.69, 9.17) is 0 Å². The third kappa shape index (κ3) is 5.89. The zero-order valence-electron chi connectivity index (χ0n) is 17.8. The van der Waals surface area contributed by atoms with Crippen LogP contribution in [0.25, 0.3) is 0 Å². The summed E-state index contributed by atoms with van der Waals surface area (Å²) in [6.07, 6.45) is 3.19. The van der Waals surface area contributed by atoms with E-state index in [0.717, 1.165) is 45.4 Å². The van der Waals surface area contributed by atoms with Gasteiger partial charge in [-0.2, -0.15) is 0 Å². The van der Waals surface area contributed by atoms with Gasteiger partial charge in [0.2, 0.25) is 0 Å². The van der Waals surface area contributed by atoms with Crippen LogP contribution in [-0.4, -0.2) is 51.1 Å². The van der Waals surface area contributed by atoms with Gasteiger partial charge in [0.1, 0.15) is 32.0 Å². The topological polar surface area (TPSA) is 67.1 Å². The number of rotatable bonds is 6. The van der Waals surface area contributed by atoms with Crippen molar-refractivity contribution in [2.75, 3.05) is 44.6 Å². The molecule has 1 atom stereocenters. The zero-order chi connectivity index (χ0) is 21.6. The van der Waals surface area contributed by atoms with Crippen LogP contribution in [0.2, 0.25) is 0 Å². The van der Waals surface area contributed by atoms with Crippen molar-refractivity contribution < 1.29 is 23.8 Å². The molecular weight excluding hydrogens is 395 g/mol. The number of amides is 2. The van der Waals surface area contributed by atoms with Gasteiger partial charge in [0.25, 0.3) is 11.8 Å². The zero-order valence-corrected chi connectivity index (χ0v) is 17.8. The van der Waals surface area contributed by atoms with Crippen LogP contribution >= 0.6 is 0 Å². The molecular formula is C24H31FN4O2+2. The Morgan fingerprint density at radius 1 is 0.935 bits per heavy atom. The van der Waals surface area contributed by atoms with Crippen molar-refractivity contribution in [2.45, 2.75) is 25.3 Å². The second kappa shape index (κ2) is 10.0. The van der Waals surface area contributed by atoms with Crippen LogP contribution in [0, 0.1) is 5.82 Å². The quantitative estimate of drug-likeness (QED) is 0.514. The van der Waals surface area contributed by atoms with Gasteiger partial charge in [0.15, 0.2) is 13.1 Å². The summed E-state index contributed by atoms with van der Waals surface area (Å²) in [5.41, 5.74) is 3.09. The van der Waals surface area contributed by atoms with Gasteiger partial charge in [0, 0.05) is 5.69 Å². The molecule has 31 heavy (non-hydrogen) atoms. The van der Waals surface area contributed by atoms with Crippen molar-refractivity contribution in [1.82, 2.24) is 5.32 Å². The third-order valence-electron chi connectivity index (χ3n) is 6.30. The minimum absolute atomic E-state index is 0.101. The van der Waals surface area contributed by atoms with E-state index in [1.165, 1.54) is 33.1 Å². The fourth-order valence-corrected chi connectivity index (χ4v) is 4.69. The molecule has 0 unspecified atom stereocenters. The molecule has 0 aromatic heterocycles. The van der Waals surface area contributed by atoms with E-state index in [9.17, 15) is 14.0 Å². The van der Waals surface area contributed by atoms with E-state index in [1.54, 1.807) is 12.1 Å². The maximum Gasteiger partial charge on any atom is 0.279 e. The third-order valence-corrected chi connectivity index (χ3v) is 6.30. The Morgan fingerprint density at radius 3 is 2.39 bits per heavy atom. The molecule has 0 saturated carbocycles. The van der Waals surface area contributed by atoms with Crippen LogP contribution in [0.4, 0.5) is 10.1 Å². The Morgan fingerprint density at radius 2 is 1.65 bits per heavy atom. The molecule has 2 amide bonds. The van der Waals surface area contributed by atoms with Gasteiger partial charge in [-0.05, 0) is 48.6 Å². The summed E-state index contributed by atoms with van der Waals surface area (Å²) in [5.74, 6) is -0.376. The molecule has 2 aliphatic rings. The number of carbonyl (C=O) groups excluding carboxylic acids is 2. The first-order valence-electron chi connectivity index (χ1n) is 11.2. The predicted octanol–water partition coefficient (Wildman–Crippen LogP) is -0.259. The normalized spacial score (nSPS) is 22.9. The molecule has 1 aliphatic carbocycles. The Kier molecular flexibility index (Phi) is 6.94. The van der Waals surface area contributed by atoms with Crippen LogP contribution in [0.3, 0.4) is 0 Å². The Bertz CT molecular complexity index is 927. The summed E-state index contributed by atoms with van der Waals surface area (Å²) < 4.78 is 13.3. The lowest BCUT2D eigenvalue weighted by Crippen LogP contribution is -3.28. The summed E-state index contributed by atoms with van der Waals surface area (Å²) in [4.78, 5) is 27.3. The number of piperazine rings is 1. The molecule has 4 N–H and O–H groups in total. The Labute approximate surface area is 182 Å². The lowest BCUT2D eigenvalue weighted by atomic mass is 9.88. The SMILES string of the molecule is O=C(C[NH+]1CC[NH+](CC(=O)N[C@H]2CCCc3ccccc32)CC1)Nc1cccc(F)c1. The number of hydrogen-bond acceptors (Lipinski definition) is 2. The standard InChI is InChI=1S/C24H29FN4O2/c25-19-7-4-8-20(15-19)26-23(30)16-28-11-13-29(14-12-28)17-24(31)27-22-10-3-6-18-5-1-2-9-21(18)22/h1-2,4-5,7-9,15,22H,3,6,10-14,16-17H2,(H,26,30)(H,27,31)/p+2/t22-/m0/s1. The summed E-state index contributed by atoms with van der Waals surface area (Å²) in [7, 11) is 0. The van der Waals surface area contributed by atoms with Gasteiger partial charge >= 0.3 is 0 Å². The van der Waals surface area contributed by atoms with Crippen LogP contribution in [0.5, 0.6) is 0 Å². The molecule has 2 aromatic rings. The van der Waals surface area contributed by atoms with Gasteiger partial charge in [0.05, 0.1) is 6.04 Å². The van der Waals surface area contributed by atoms with Gasteiger partial charge < -0.3 is 20.4 Å². The van der Waals surface area contributed by atoms with Crippen molar-refractivity contribution in [2.24, 2.45) is 0 Å². The number of hydrogen-bond donors (Lipinski definition) is 4. The maximum atomic E-state index is 13.3. The number of nitrogens with one attached hydrogen (secondary N) is 4. The van der Waals surface area contributed by atoms with E-state index in [1.807, 2.05) is 6.07 Å². The Balaban J connectivity index is 1.20. The summed E-state index contributed by atoms with van der Waals surface area (Å²) in [6, 6.07) is 14.4.